The predicted molar refractivity (Wildman–Crippen MR) is 135 cm³/mol. The lowest BCUT2D eigenvalue weighted by atomic mass is 10.1. The maximum Gasteiger partial charge on any atom is 0.256 e. The van der Waals surface area contributed by atoms with Crippen LogP contribution in [0.5, 0.6) is 0 Å². The summed E-state index contributed by atoms with van der Waals surface area (Å²) in [6.07, 6.45) is 0. The number of aryl methyl sites for hydroxylation is 1. The number of rotatable bonds is 5. The summed E-state index contributed by atoms with van der Waals surface area (Å²) < 4.78 is 1.82. The van der Waals surface area contributed by atoms with Gasteiger partial charge in [-0.25, -0.2) is 4.98 Å². The first kappa shape index (κ1) is 21.6. The van der Waals surface area contributed by atoms with Crippen molar-refractivity contribution in [2.75, 3.05) is 5.32 Å². The molecule has 0 fully saturated rings. The summed E-state index contributed by atoms with van der Waals surface area (Å²) in [6, 6.07) is 23.2. The van der Waals surface area contributed by atoms with E-state index >= 15 is 0 Å². The molecular weight excluding hydrogens is 442 g/mol. The summed E-state index contributed by atoms with van der Waals surface area (Å²) in [7, 11) is 0. The van der Waals surface area contributed by atoms with Crippen LogP contribution < -0.4 is 5.32 Å². The molecule has 5 aromatic rings. The SMILES string of the molecule is Cc1nn(Cc2ccccc2C#N)c(C)c1NC(=O)c1cc(-c2cccs2)nc2ccccc12. The van der Waals surface area contributed by atoms with Gasteiger partial charge in [0.25, 0.3) is 5.91 Å². The average molecular weight is 464 g/mol. The van der Waals surface area contributed by atoms with Gasteiger partial charge in [0.2, 0.25) is 0 Å². The van der Waals surface area contributed by atoms with E-state index in [1.54, 1.807) is 17.4 Å². The van der Waals surface area contributed by atoms with Crippen molar-refractivity contribution in [3.63, 3.8) is 0 Å². The molecule has 5 rings (SSSR count). The first-order chi connectivity index (χ1) is 16.5. The molecule has 2 aromatic carbocycles. The fourth-order valence-corrected chi connectivity index (χ4v) is 4.74. The molecule has 0 spiro atoms. The van der Waals surface area contributed by atoms with Crippen molar-refractivity contribution in [2.24, 2.45) is 0 Å². The quantitative estimate of drug-likeness (QED) is 0.349. The number of hydrogen-bond donors (Lipinski definition) is 1. The molecule has 166 valence electrons. The second-order valence-electron chi connectivity index (χ2n) is 7.98. The number of nitrogens with zero attached hydrogens (tertiary/aromatic N) is 4. The highest BCUT2D eigenvalue weighted by Crippen LogP contribution is 2.29. The molecule has 0 aliphatic heterocycles. The molecule has 6 nitrogen and oxygen atoms in total. The molecule has 3 heterocycles. The van der Waals surface area contributed by atoms with Gasteiger partial charge in [0.05, 0.1) is 56.9 Å². The lowest BCUT2D eigenvalue weighted by Crippen LogP contribution is -2.14. The van der Waals surface area contributed by atoms with Gasteiger partial charge < -0.3 is 5.32 Å². The first-order valence-electron chi connectivity index (χ1n) is 10.8. The molecule has 7 heteroatoms. The Balaban J connectivity index is 1.50. The Morgan fingerprint density at radius 2 is 1.88 bits per heavy atom. The number of para-hydroxylation sites is 1. The third kappa shape index (κ3) is 3.96. The summed E-state index contributed by atoms with van der Waals surface area (Å²) in [6.45, 7) is 4.25. The van der Waals surface area contributed by atoms with Crippen molar-refractivity contribution in [3.8, 4) is 16.6 Å². The molecule has 3 aromatic heterocycles. The minimum absolute atomic E-state index is 0.209. The molecule has 0 aliphatic carbocycles. The molecule has 0 bridgehead atoms. The Morgan fingerprint density at radius 1 is 1.09 bits per heavy atom. The van der Waals surface area contributed by atoms with Gasteiger partial charge in [-0.3, -0.25) is 9.48 Å². The number of benzene rings is 2. The van der Waals surface area contributed by atoms with Crippen molar-refractivity contribution in [2.45, 2.75) is 20.4 Å². The molecule has 1 N–H and O–H groups in total. The van der Waals surface area contributed by atoms with Gasteiger partial charge in [0.15, 0.2) is 0 Å². The van der Waals surface area contributed by atoms with E-state index in [-0.39, 0.29) is 5.91 Å². The number of carbonyl (C=O) groups is 1. The van der Waals surface area contributed by atoms with Crippen LogP contribution in [0.15, 0.2) is 72.1 Å². The number of carbonyl (C=O) groups excluding carboxylic acids is 1. The van der Waals surface area contributed by atoms with Crippen LogP contribution >= 0.6 is 11.3 Å². The van der Waals surface area contributed by atoms with E-state index in [0.717, 1.165) is 38.4 Å². The van der Waals surface area contributed by atoms with E-state index in [1.165, 1.54) is 0 Å². The van der Waals surface area contributed by atoms with Crippen molar-refractivity contribution in [3.05, 3.63) is 100 Å². The molecule has 0 saturated heterocycles. The highest BCUT2D eigenvalue weighted by molar-refractivity contribution is 7.13. The van der Waals surface area contributed by atoms with Crippen molar-refractivity contribution in [1.82, 2.24) is 14.8 Å². The maximum absolute atomic E-state index is 13.5. The summed E-state index contributed by atoms with van der Waals surface area (Å²) in [5.41, 5.74) is 5.84. The first-order valence-corrected chi connectivity index (χ1v) is 11.7. The molecular formula is C27H21N5OS. The highest BCUT2D eigenvalue weighted by atomic mass is 32.1. The number of fused-ring (bicyclic) bond motifs is 1. The van der Waals surface area contributed by atoms with E-state index in [2.05, 4.69) is 16.5 Å². The van der Waals surface area contributed by atoms with Crippen LogP contribution in [0.2, 0.25) is 0 Å². The van der Waals surface area contributed by atoms with Gasteiger partial charge in [0, 0.05) is 5.39 Å². The Hall–Kier alpha value is -4.28. The van der Waals surface area contributed by atoms with Gasteiger partial charge in [0.1, 0.15) is 0 Å². The van der Waals surface area contributed by atoms with E-state index in [0.29, 0.717) is 23.4 Å². The topological polar surface area (TPSA) is 83.6 Å². The molecule has 0 aliphatic rings. The van der Waals surface area contributed by atoms with Crippen molar-refractivity contribution >= 4 is 33.8 Å². The summed E-state index contributed by atoms with van der Waals surface area (Å²) in [5, 5.41) is 19.9. The number of aromatic nitrogens is 3. The Morgan fingerprint density at radius 3 is 2.68 bits per heavy atom. The van der Waals surface area contributed by atoms with Crippen LogP contribution in [-0.4, -0.2) is 20.7 Å². The van der Waals surface area contributed by atoms with Gasteiger partial charge >= 0.3 is 0 Å². The number of nitriles is 1. The second kappa shape index (κ2) is 8.93. The standard InChI is InChI=1S/C27H21N5OS/c1-17-26(18(2)32(31-17)16-20-9-4-3-8-19(20)15-28)30-27(33)22-14-24(25-12-7-13-34-25)29-23-11-6-5-10-21(22)23/h3-14H,16H2,1-2H3,(H,30,33). The van der Waals surface area contributed by atoms with Crippen molar-refractivity contribution in [1.29, 1.82) is 5.26 Å². The summed E-state index contributed by atoms with van der Waals surface area (Å²) in [5.74, 6) is -0.209. The Bertz CT molecular complexity index is 1560. The van der Waals surface area contributed by atoms with Crippen LogP contribution in [0.25, 0.3) is 21.5 Å². The zero-order valence-electron chi connectivity index (χ0n) is 18.7. The van der Waals surface area contributed by atoms with Crippen LogP contribution in [0.1, 0.15) is 32.9 Å². The van der Waals surface area contributed by atoms with Crippen LogP contribution in [0.4, 0.5) is 5.69 Å². The smallest absolute Gasteiger partial charge is 0.256 e. The van der Waals surface area contributed by atoms with E-state index in [9.17, 15) is 10.1 Å². The highest BCUT2D eigenvalue weighted by Gasteiger charge is 2.19. The number of thiophene rings is 1. The zero-order chi connectivity index (χ0) is 23.7. The molecule has 0 unspecified atom stereocenters. The maximum atomic E-state index is 13.5. The number of anilines is 1. The summed E-state index contributed by atoms with van der Waals surface area (Å²) in [4.78, 5) is 19.3. The van der Waals surface area contributed by atoms with Crippen LogP contribution in [-0.2, 0) is 6.54 Å². The second-order valence-corrected chi connectivity index (χ2v) is 8.92. The van der Waals surface area contributed by atoms with Gasteiger partial charge in [-0.2, -0.15) is 10.4 Å². The van der Waals surface area contributed by atoms with E-state index < -0.39 is 0 Å². The zero-order valence-corrected chi connectivity index (χ0v) is 19.6. The molecule has 0 atom stereocenters. The Kier molecular flexibility index (Phi) is 5.66. The average Bonchev–Trinajstić information content (AvgIpc) is 3.49. The molecule has 1 amide bonds. The van der Waals surface area contributed by atoms with Crippen LogP contribution in [0, 0.1) is 25.2 Å². The third-order valence-corrected chi connectivity index (χ3v) is 6.70. The number of hydrogen-bond acceptors (Lipinski definition) is 5. The number of amides is 1. The lowest BCUT2D eigenvalue weighted by Gasteiger charge is -2.11. The van der Waals surface area contributed by atoms with Gasteiger partial charge in [-0.1, -0.05) is 42.5 Å². The molecule has 0 saturated carbocycles. The molecule has 34 heavy (non-hydrogen) atoms. The van der Waals surface area contributed by atoms with Gasteiger partial charge in [-0.15, -0.1) is 11.3 Å². The monoisotopic (exact) mass is 463 g/mol. The van der Waals surface area contributed by atoms with E-state index in [4.69, 9.17) is 4.98 Å². The normalized spacial score (nSPS) is 10.9. The number of pyridine rings is 1. The predicted octanol–water partition coefficient (Wildman–Crippen LogP) is 5.95. The van der Waals surface area contributed by atoms with Crippen LogP contribution in [0.3, 0.4) is 0 Å². The minimum Gasteiger partial charge on any atom is -0.319 e. The number of nitrogens with one attached hydrogen (secondary N) is 1. The van der Waals surface area contributed by atoms with E-state index in [1.807, 2.05) is 84.6 Å². The fourth-order valence-electron chi connectivity index (χ4n) is 4.06. The summed E-state index contributed by atoms with van der Waals surface area (Å²) >= 11 is 1.59. The largest absolute Gasteiger partial charge is 0.319 e. The molecule has 0 radical (unpaired) electrons. The Labute approximate surface area is 201 Å². The minimum atomic E-state index is -0.209. The lowest BCUT2D eigenvalue weighted by molar-refractivity contribution is 0.102. The fraction of sp³-hybridized carbons (Fsp3) is 0.111. The van der Waals surface area contributed by atoms with Gasteiger partial charge in [-0.05, 0) is 49.1 Å². The van der Waals surface area contributed by atoms with Crippen molar-refractivity contribution < 1.29 is 4.79 Å². The third-order valence-electron chi connectivity index (χ3n) is 5.81.